The van der Waals surface area contributed by atoms with Gasteiger partial charge in [-0.2, -0.15) is 5.10 Å². The number of aryl methyl sites for hydroxylation is 1. The smallest absolute Gasteiger partial charge is 0.312 e. The van der Waals surface area contributed by atoms with Gasteiger partial charge >= 0.3 is 11.8 Å². The number of amides is 1. The van der Waals surface area contributed by atoms with E-state index in [0.717, 1.165) is 5.69 Å². The number of carbonyl (C=O) groups excluding carboxylic acids is 1. The van der Waals surface area contributed by atoms with E-state index in [2.05, 4.69) is 30.2 Å². The number of hydrogen-bond acceptors (Lipinski definition) is 8. The molecule has 6 rings (SSSR count). The second-order valence-electron chi connectivity index (χ2n) is 7.37. The van der Waals surface area contributed by atoms with Crippen LogP contribution in [0.15, 0.2) is 45.8 Å². The first-order chi connectivity index (χ1) is 15.6. The Kier molecular flexibility index (Phi) is 3.93. The highest BCUT2D eigenvalue weighted by Gasteiger charge is 2.39. The fourth-order valence-electron chi connectivity index (χ4n) is 3.88. The van der Waals surface area contributed by atoms with Crippen molar-refractivity contribution in [3.8, 4) is 11.5 Å². The van der Waals surface area contributed by atoms with Gasteiger partial charge in [0.2, 0.25) is 5.89 Å². The molecule has 1 aliphatic heterocycles. The molecule has 0 saturated heterocycles. The molecule has 32 heavy (non-hydrogen) atoms. The summed E-state index contributed by atoms with van der Waals surface area (Å²) < 4.78 is 27.3. The van der Waals surface area contributed by atoms with Crippen LogP contribution >= 0.6 is 0 Å². The Morgan fingerprint density at radius 2 is 2.19 bits per heavy atom. The van der Waals surface area contributed by atoms with Crippen LogP contribution in [0.25, 0.3) is 22.6 Å². The highest BCUT2D eigenvalue weighted by Crippen LogP contribution is 2.35. The first-order valence-corrected chi connectivity index (χ1v) is 9.79. The lowest BCUT2D eigenvalue weighted by atomic mass is 10.0. The average molecular weight is 434 g/mol. The van der Waals surface area contributed by atoms with E-state index in [1.807, 2.05) is 0 Å². The number of rotatable bonds is 3. The number of benzene rings is 1. The second kappa shape index (κ2) is 6.83. The van der Waals surface area contributed by atoms with Crippen LogP contribution in [0.5, 0.6) is 0 Å². The van der Waals surface area contributed by atoms with Crippen LogP contribution in [0.4, 0.5) is 4.39 Å². The van der Waals surface area contributed by atoms with Gasteiger partial charge in [-0.3, -0.25) is 9.48 Å². The first-order valence-electron chi connectivity index (χ1n) is 9.79. The number of oxazole rings is 1. The summed E-state index contributed by atoms with van der Waals surface area (Å²) >= 11 is 0. The molecule has 1 amide bonds. The van der Waals surface area contributed by atoms with Crippen molar-refractivity contribution in [1.82, 2.24) is 39.8 Å². The lowest BCUT2D eigenvalue weighted by Gasteiger charge is -2.31. The van der Waals surface area contributed by atoms with Crippen molar-refractivity contribution >= 4 is 17.0 Å². The van der Waals surface area contributed by atoms with Gasteiger partial charge in [0.1, 0.15) is 5.52 Å². The van der Waals surface area contributed by atoms with E-state index in [-0.39, 0.29) is 28.8 Å². The molecule has 11 nitrogen and oxygen atoms in total. The SMILES string of the molecule is Cn1cc(-c2nnc(C(=O)N3CCc4[nH]cnc4[C@H]3c3nc4c(F)cccc4o3)o2)cn1. The summed E-state index contributed by atoms with van der Waals surface area (Å²) in [4.78, 5) is 26.6. The van der Waals surface area contributed by atoms with Gasteiger partial charge in [-0.25, -0.2) is 14.4 Å². The number of hydrogen-bond donors (Lipinski definition) is 1. The number of para-hydroxylation sites is 1. The number of fused-ring (bicyclic) bond motifs is 2. The molecule has 5 aromatic rings. The monoisotopic (exact) mass is 434 g/mol. The lowest BCUT2D eigenvalue weighted by molar-refractivity contribution is 0.0627. The number of halogens is 1. The molecule has 5 heterocycles. The predicted octanol–water partition coefficient (Wildman–Crippen LogP) is 2.26. The van der Waals surface area contributed by atoms with E-state index in [1.165, 1.54) is 17.0 Å². The topological polar surface area (TPSA) is 132 Å². The molecule has 0 bridgehead atoms. The molecule has 1 aliphatic rings. The average Bonchev–Trinajstić information content (AvgIpc) is 3.57. The van der Waals surface area contributed by atoms with Crippen LogP contribution in [0.3, 0.4) is 0 Å². The molecule has 0 spiro atoms. The van der Waals surface area contributed by atoms with Crippen LogP contribution < -0.4 is 0 Å². The third-order valence-corrected chi connectivity index (χ3v) is 5.37. The Balaban J connectivity index is 1.41. The van der Waals surface area contributed by atoms with Crippen molar-refractivity contribution in [2.45, 2.75) is 12.5 Å². The Morgan fingerprint density at radius 1 is 1.28 bits per heavy atom. The minimum atomic E-state index is -0.780. The molecule has 0 fully saturated rings. The molecule has 1 atom stereocenters. The molecular formula is C20H15FN8O3. The lowest BCUT2D eigenvalue weighted by Crippen LogP contribution is -2.41. The predicted molar refractivity (Wildman–Crippen MR) is 106 cm³/mol. The standard InChI is InChI=1S/C20H15FN8O3/c1-28-8-10(7-24-28)17-26-27-19(32-17)20(30)29-6-5-12-15(23-9-22-12)16(29)18-25-14-11(21)3-2-4-13(14)31-18/h2-4,7-9,16H,5-6H2,1H3,(H,22,23)/t16-/m0/s1. The summed E-state index contributed by atoms with van der Waals surface area (Å²) in [7, 11) is 1.76. The van der Waals surface area contributed by atoms with Crippen LogP contribution in [0, 0.1) is 5.82 Å². The molecule has 0 radical (unpaired) electrons. The van der Waals surface area contributed by atoms with Gasteiger partial charge in [0.05, 0.1) is 23.8 Å². The van der Waals surface area contributed by atoms with Crippen molar-refractivity contribution < 1.29 is 18.0 Å². The van der Waals surface area contributed by atoms with Crippen molar-refractivity contribution in [3.63, 3.8) is 0 Å². The fraction of sp³-hybridized carbons (Fsp3) is 0.200. The minimum absolute atomic E-state index is 0.0919. The molecule has 160 valence electrons. The molecule has 0 aliphatic carbocycles. The highest BCUT2D eigenvalue weighted by atomic mass is 19.1. The third kappa shape index (κ3) is 2.80. The number of imidazole rings is 1. The number of aromatic nitrogens is 7. The second-order valence-corrected chi connectivity index (χ2v) is 7.37. The molecule has 12 heteroatoms. The zero-order chi connectivity index (χ0) is 21.8. The summed E-state index contributed by atoms with van der Waals surface area (Å²) in [5.74, 6) is -0.867. The normalized spacial score (nSPS) is 15.9. The number of aromatic amines is 1. The quantitative estimate of drug-likeness (QED) is 0.457. The molecule has 1 N–H and O–H groups in total. The number of nitrogens with zero attached hydrogens (tertiary/aromatic N) is 7. The number of H-pyrrole nitrogens is 1. The molecule has 0 unspecified atom stereocenters. The van der Waals surface area contributed by atoms with Crippen LogP contribution in [-0.4, -0.2) is 52.3 Å². The number of nitrogens with one attached hydrogen (secondary N) is 1. The van der Waals surface area contributed by atoms with Gasteiger partial charge in [-0.1, -0.05) is 6.07 Å². The van der Waals surface area contributed by atoms with E-state index < -0.39 is 17.8 Å². The maximum atomic E-state index is 14.2. The summed E-state index contributed by atoms with van der Waals surface area (Å²) in [6.07, 6.45) is 5.35. The van der Waals surface area contributed by atoms with Gasteiger partial charge in [0, 0.05) is 31.9 Å². The molecule has 1 aromatic carbocycles. The van der Waals surface area contributed by atoms with Gasteiger partial charge < -0.3 is 18.7 Å². The molecule has 0 saturated carbocycles. The maximum Gasteiger partial charge on any atom is 0.312 e. The molecular weight excluding hydrogens is 419 g/mol. The van der Waals surface area contributed by atoms with Crippen LogP contribution in [0.1, 0.15) is 34.0 Å². The summed E-state index contributed by atoms with van der Waals surface area (Å²) in [6, 6.07) is 3.68. The Labute approximate surface area is 178 Å². The first kappa shape index (κ1) is 18.4. The minimum Gasteiger partial charge on any atom is -0.438 e. The largest absolute Gasteiger partial charge is 0.438 e. The van der Waals surface area contributed by atoms with E-state index >= 15 is 0 Å². The Bertz CT molecular complexity index is 1460. The van der Waals surface area contributed by atoms with E-state index in [9.17, 15) is 9.18 Å². The Morgan fingerprint density at radius 3 is 3.00 bits per heavy atom. The highest BCUT2D eigenvalue weighted by molar-refractivity contribution is 5.90. The summed E-state index contributed by atoms with van der Waals surface area (Å²) in [5, 5.41) is 12.0. The van der Waals surface area contributed by atoms with E-state index in [1.54, 1.807) is 36.5 Å². The van der Waals surface area contributed by atoms with Gasteiger partial charge in [0.25, 0.3) is 5.89 Å². The summed E-state index contributed by atoms with van der Waals surface area (Å²) in [6.45, 7) is 0.324. The third-order valence-electron chi connectivity index (χ3n) is 5.37. The van der Waals surface area contributed by atoms with Gasteiger partial charge in [0.15, 0.2) is 17.4 Å². The van der Waals surface area contributed by atoms with E-state index in [4.69, 9.17) is 8.83 Å². The van der Waals surface area contributed by atoms with Gasteiger partial charge in [-0.05, 0) is 12.1 Å². The molecule has 4 aromatic heterocycles. The van der Waals surface area contributed by atoms with Crippen molar-refractivity contribution in [1.29, 1.82) is 0 Å². The van der Waals surface area contributed by atoms with Crippen molar-refractivity contribution in [2.75, 3.05) is 6.54 Å². The maximum absolute atomic E-state index is 14.2. The van der Waals surface area contributed by atoms with Crippen LogP contribution in [-0.2, 0) is 13.5 Å². The van der Waals surface area contributed by atoms with Crippen LogP contribution in [0.2, 0.25) is 0 Å². The van der Waals surface area contributed by atoms with Crippen molar-refractivity contribution in [3.05, 3.63) is 65.9 Å². The summed E-state index contributed by atoms with van der Waals surface area (Å²) in [5.41, 5.74) is 2.39. The zero-order valence-corrected chi connectivity index (χ0v) is 16.7. The van der Waals surface area contributed by atoms with E-state index in [0.29, 0.717) is 24.2 Å². The zero-order valence-electron chi connectivity index (χ0n) is 16.7. The van der Waals surface area contributed by atoms with Crippen molar-refractivity contribution in [2.24, 2.45) is 7.05 Å². The Hall–Kier alpha value is -4.35. The number of carbonyl (C=O) groups is 1. The fourth-order valence-corrected chi connectivity index (χ4v) is 3.88. The van der Waals surface area contributed by atoms with Gasteiger partial charge in [-0.15, -0.1) is 10.2 Å².